The molecule has 2 aliphatic heterocycles. The Kier molecular flexibility index (Phi) is 3.44. The molecule has 2 amide bonds. The molecular weight excluding hydrogens is 272 g/mol. The molecule has 8 nitrogen and oxygen atoms in total. The molecule has 1 aromatic heterocycles. The Bertz CT molecular complexity index is 620. The number of aryl methyl sites for hydroxylation is 1. The number of nitrogens with zero attached hydrogens (tertiary/aromatic N) is 5. The van der Waals surface area contributed by atoms with E-state index < -0.39 is 0 Å². The van der Waals surface area contributed by atoms with Crippen LogP contribution in [0.1, 0.15) is 43.9 Å². The summed E-state index contributed by atoms with van der Waals surface area (Å²) in [7, 11) is 1.56. The third-order valence-electron chi connectivity index (χ3n) is 3.84. The Balaban J connectivity index is 1.70. The number of carbonyl (C=O) groups is 2. The number of carbonyl (C=O) groups excluding carboxylic acids is 2. The van der Waals surface area contributed by atoms with Gasteiger partial charge in [0.1, 0.15) is 11.5 Å². The van der Waals surface area contributed by atoms with Crippen molar-refractivity contribution in [2.75, 3.05) is 7.05 Å². The van der Waals surface area contributed by atoms with Crippen LogP contribution in [0.5, 0.6) is 0 Å². The van der Waals surface area contributed by atoms with E-state index in [-0.39, 0.29) is 17.9 Å². The highest BCUT2D eigenvalue weighted by molar-refractivity contribution is 6.39. The predicted molar refractivity (Wildman–Crippen MR) is 74.3 cm³/mol. The molecule has 3 heterocycles. The maximum Gasteiger partial charge on any atom is 0.268 e. The molecule has 1 N–H and O–H groups in total. The average Bonchev–Trinajstić information content (AvgIpc) is 3.04. The normalized spacial score (nSPS) is 19.2. The van der Waals surface area contributed by atoms with E-state index in [1.807, 2.05) is 6.92 Å². The minimum Gasteiger partial charge on any atom is -0.341 e. The Morgan fingerprint density at radius 1 is 1.29 bits per heavy atom. The zero-order valence-corrected chi connectivity index (χ0v) is 12.2. The van der Waals surface area contributed by atoms with Crippen LogP contribution >= 0.6 is 0 Å². The lowest BCUT2D eigenvalue weighted by Gasteiger charge is -2.20. The van der Waals surface area contributed by atoms with Gasteiger partial charge in [-0.15, -0.1) is 10.2 Å². The highest BCUT2D eigenvalue weighted by atomic mass is 16.2. The summed E-state index contributed by atoms with van der Waals surface area (Å²) in [6.45, 7) is 2.78. The van der Waals surface area contributed by atoms with Gasteiger partial charge in [-0.3, -0.25) is 9.59 Å². The number of fused-ring (bicyclic) bond motifs is 1. The lowest BCUT2D eigenvalue weighted by Crippen LogP contribution is -2.39. The first kappa shape index (κ1) is 13.7. The first-order chi connectivity index (χ1) is 10.1. The number of hydrogen-bond acceptors (Lipinski definition) is 5. The maximum atomic E-state index is 12.2. The first-order valence-electron chi connectivity index (χ1n) is 7.13. The van der Waals surface area contributed by atoms with E-state index in [0.29, 0.717) is 18.6 Å². The molecule has 8 heteroatoms. The molecule has 0 radical (unpaired) electrons. The third-order valence-corrected chi connectivity index (χ3v) is 3.84. The molecule has 0 fully saturated rings. The Morgan fingerprint density at radius 3 is 2.86 bits per heavy atom. The van der Waals surface area contributed by atoms with Gasteiger partial charge in [-0.25, -0.2) is 5.01 Å². The Morgan fingerprint density at radius 2 is 2.10 bits per heavy atom. The maximum absolute atomic E-state index is 12.2. The van der Waals surface area contributed by atoms with Crippen LogP contribution in [-0.2, 0) is 22.6 Å². The van der Waals surface area contributed by atoms with Crippen molar-refractivity contribution in [3.63, 3.8) is 0 Å². The van der Waals surface area contributed by atoms with E-state index >= 15 is 0 Å². The molecule has 0 unspecified atom stereocenters. The molecule has 0 spiro atoms. The summed E-state index contributed by atoms with van der Waals surface area (Å²) in [5, 5.41) is 16.4. The Hall–Kier alpha value is -2.25. The number of aromatic nitrogens is 3. The summed E-state index contributed by atoms with van der Waals surface area (Å²) < 4.78 is 2.06. The molecule has 112 valence electrons. The van der Waals surface area contributed by atoms with Crippen LogP contribution in [-0.4, -0.2) is 44.3 Å². The summed E-state index contributed by atoms with van der Waals surface area (Å²) >= 11 is 0. The smallest absolute Gasteiger partial charge is 0.268 e. The summed E-state index contributed by atoms with van der Waals surface area (Å²) in [5.74, 6) is 1.43. The van der Waals surface area contributed by atoms with Gasteiger partial charge in [0.15, 0.2) is 5.82 Å². The Labute approximate surface area is 122 Å². The van der Waals surface area contributed by atoms with E-state index in [1.54, 1.807) is 7.05 Å². The first-order valence-corrected chi connectivity index (χ1v) is 7.13. The molecule has 2 aliphatic rings. The highest BCUT2D eigenvalue weighted by Crippen LogP contribution is 2.19. The molecule has 21 heavy (non-hydrogen) atoms. The SMILES string of the molecule is C[C@H](NC(=O)C1=NN(C)C(=O)CC1)c1nnc2n1CCC2. The number of amides is 2. The molecule has 3 rings (SSSR count). The van der Waals surface area contributed by atoms with Crippen LogP contribution in [0.3, 0.4) is 0 Å². The number of hydrazone groups is 1. The lowest BCUT2D eigenvalue weighted by molar-refractivity contribution is -0.130. The van der Waals surface area contributed by atoms with Crippen molar-refractivity contribution in [2.24, 2.45) is 5.10 Å². The number of hydrogen-bond donors (Lipinski definition) is 1. The molecule has 0 saturated carbocycles. The van der Waals surface area contributed by atoms with Gasteiger partial charge in [-0.1, -0.05) is 0 Å². The number of rotatable bonds is 3. The third kappa shape index (κ3) is 2.53. The standard InChI is InChI=1S/C13H18N6O2/c1-8(12-16-15-10-4-3-7-19(10)12)14-13(21)9-5-6-11(20)18(2)17-9/h8H,3-7H2,1-2H3,(H,14,21)/t8-/m0/s1. The van der Waals surface area contributed by atoms with Crippen molar-refractivity contribution in [3.05, 3.63) is 11.6 Å². The van der Waals surface area contributed by atoms with Crippen molar-refractivity contribution in [1.82, 2.24) is 25.1 Å². The largest absolute Gasteiger partial charge is 0.341 e. The predicted octanol–water partition coefficient (Wildman–Crippen LogP) is 0.00970. The second-order valence-corrected chi connectivity index (χ2v) is 5.39. The topological polar surface area (TPSA) is 92.5 Å². The molecule has 1 atom stereocenters. The van der Waals surface area contributed by atoms with Crippen molar-refractivity contribution in [2.45, 2.75) is 45.2 Å². The quantitative estimate of drug-likeness (QED) is 0.848. The fourth-order valence-corrected chi connectivity index (χ4v) is 2.67. The van der Waals surface area contributed by atoms with Crippen LogP contribution in [0.25, 0.3) is 0 Å². The summed E-state index contributed by atoms with van der Waals surface area (Å²) in [6.07, 6.45) is 2.70. The molecule has 0 saturated heterocycles. The molecule has 0 aliphatic carbocycles. The van der Waals surface area contributed by atoms with Crippen LogP contribution in [0.2, 0.25) is 0 Å². The van der Waals surface area contributed by atoms with Crippen LogP contribution in [0.4, 0.5) is 0 Å². The van der Waals surface area contributed by atoms with E-state index in [9.17, 15) is 9.59 Å². The number of nitrogens with one attached hydrogen (secondary N) is 1. The van der Waals surface area contributed by atoms with Crippen molar-refractivity contribution < 1.29 is 9.59 Å². The van der Waals surface area contributed by atoms with Gasteiger partial charge in [0.2, 0.25) is 5.91 Å². The van der Waals surface area contributed by atoms with E-state index in [4.69, 9.17) is 0 Å². The monoisotopic (exact) mass is 290 g/mol. The van der Waals surface area contributed by atoms with Crippen molar-refractivity contribution in [1.29, 1.82) is 0 Å². The van der Waals surface area contributed by atoms with Crippen LogP contribution in [0.15, 0.2) is 5.10 Å². The average molecular weight is 290 g/mol. The zero-order chi connectivity index (χ0) is 15.0. The van der Waals surface area contributed by atoms with E-state index in [0.717, 1.165) is 31.0 Å². The van der Waals surface area contributed by atoms with Crippen LogP contribution in [0, 0.1) is 0 Å². The molecular formula is C13H18N6O2. The second kappa shape index (κ2) is 5.27. The summed E-state index contributed by atoms with van der Waals surface area (Å²) in [5.41, 5.74) is 0.380. The zero-order valence-electron chi connectivity index (χ0n) is 12.2. The van der Waals surface area contributed by atoms with Gasteiger partial charge in [-0.2, -0.15) is 5.10 Å². The fourth-order valence-electron chi connectivity index (χ4n) is 2.67. The summed E-state index contributed by atoms with van der Waals surface area (Å²) in [4.78, 5) is 23.6. The van der Waals surface area contributed by atoms with Gasteiger partial charge in [-0.05, 0) is 13.3 Å². The van der Waals surface area contributed by atoms with Gasteiger partial charge in [0.25, 0.3) is 5.91 Å². The minimum absolute atomic E-state index is 0.0742. The summed E-state index contributed by atoms with van der Waals surface area (Å²) in [6, 6.07) is -0.234. The van der Waals surface area contributed by atoms with Crippen molar-refractivity contribution in [3.8, 4) is 0 Å². The highest BCUT2D eigenvalue weighted by Gasteiger charge is 2.26. The van der Waals surface area contributed by atoms with E-state index in [2.05, 4.69) is 25.2 Å². The molecule has 1 aromatic rings. The lowest BCUT2D eigenvalue weighted by atomic mass is 10.1. The van der Waals surface area contributed by atoms with Gasteiger partial charge in [0.05, 0.1) is 6.04 Å². The van der Waals surface area contributed by atoms with Crippen LogP contribution < -0.4 is 5.32 Å². The van der Waals surface area contributed by atoms with Gasteiger partial charge < -0.3 is 9.88 Å². The van der Waals surface area contributed by atoms with Gasteiger partial charge >= 0.3 is 0 Å². The van der Waals surface area contributed by atoms with E-state index in [1.165, 1.54) is 5.01 Å². The fraction of sp³-hybridized carbons (Fsp3) is 0.615. The van der Waals surface area contributed by atoms with Crippen molar-refractivity contribution >= 4 is 17.5 Å². The van der Waals surface area contributed by atoms with Gasteiger partial charge in [0, 0.05) is 32.9 Å². The molecule has 0 bridgehead atoms. The minimum atomic E-state index is -0.253. The second-order valence-electron chi connectivity index (χ2n) is 5.39. The molecule has 0 aromatic carbocycles.